The highest BCUT2D eigenvalue weighted by atomic mass is 35.5. The Kier molecular flexibility index (Phi) is 4.03. The first-order valence-corrected chi connectivity index (χ1v) is 8.17. The van der Waals surface area contributed by atoms with Gasteiger partial charge in [-0.05, 0) is 17.7 Å². The number of fused-ring (bicyclic) bond motifs is 2. The van der Waals surface area contributed by atoms with Crippen LogP contribution in [0.4, 0.5) is 0 Å². The minimum Gasteiger partial charge on any atom is -0.491 e. The lowest BCUT2D eigenvalue weighted by Gasteiger charge is -2.18. The number of aliphatic hydroxyl groups is 1. The summed E-state index contributed by atoms with van der Waals surface area (Å²) < 4.78 is 7.33. The van der Waals surface area contributed by atoms with E-state index in [0.29, 0.717) is 36.2 Å². The number of aliphatic hydroxyl groups excluding tert-OH is 1. The molecule has 7 nitrogen and oxygen atoms in total. The summed E-state index contributed by atoms with van der Waals surface area (Å²) in [5.74, 6) is 0.949. The molecule has 1 aliphatic heterocycles. The number of hydrogen-bond acceptors (Lipinski definition) is 5. The Hall–Kier alpha value is -2.64. The van der Waals surface area contributed by atoms with Gasteiger partial charge in [0.25, 0.3) is 5.91 Å². The molecule has 1 N–H and O–H groups in total. The van der Waals surface area contributed by atoms with Gasteiger partial charge in [-0.2, -0.15) is 0 Å². The van der Waals surface area contributed by atoms with Gasteiger partial charge in [-0.1, -0.05) is 17.7 Å². The summed E-state index contributed by atoms with van der Waals surface area (Å²) in [6.45, 7) is 1.18. The Bertz CT molecular complexity index is 956. The molecule has 2 aromatic heterocycles. The van der Waals surface area contributed by atoms with Gasteiger partial charge in [-0.3, -0.25) is 9.20 Å². The van der Waals surface area contributed by atoms with Crippen LogP contribution in [0.3, 0.4) is 0 Å². The van der Waals surface area contributed by atoms with E-state index in [-0.39, 0.29) is 12.5 Å². The molecule has 1 aliphatic rings. The molecule has 3 heterocycles. The van der Waals surface area contributed by atoms with Crippen molar-refractivity contribution in [3.63, 3.8) is 0 Å². The van der Waals surface area contributed by atoms with Crippen LogP contribution in [0, 0.1) is 0 Å². The summed E-state index contributed by atoms with van der Waals surface area (Å²) in [7, 11) is 0. The minimum atomic E-state index is -0.201. The molecular weight excluding hydrogens is 344 g/mol. The number of aromatic nitrogens is 3. The van der Waals surface area contributed by atoms with Gasteiger partial charge in [-0.15, -0.1) is 0 Å². The van der Waals surface area contributed by atoms with E-state index in [9.17, 15) is 9.90 Å². The average Bonchev–Trinajstić information content (AvgIpc) is 2.92. The number of amides is 1. The quantitative estimate of drug-likeness (QED) is 0.757. The normalized spacial score (nSPS) is 14.1. The maximum absolute atomic E-state index is 12.9. The van der Waals surface area contributed by atoms with Crippen LogP contribution in [0.5, 0.6) is 5.75 Å². The molecule has 0 atom stereocenters. The van der Waals surface area contributed by atoms with Crippen LogP contribution in [0.15, 0.2) is 36.8 Å². The molecule has 1 aromatic carbocycles. The van der Waals surface area contributed by atoms with Crippen LogP contribution in [-0.2, 0) is 13.2 Å². The third kappa shape index (κ3) is 3.04. The first kappa shape index (κ1) is 15.9. The van der Waals surface area contributed by atoms with E-state index >= 15 is 0 Å². The predicted molar refractivity (Wildman–Crippen MR) is 90.6 cm³/mol. The van der Waals surface area contributed by atoms with Crippen molar-refractivity contribution in [3.8, 4) is 5.75 Å². The van der Waals surface area contributed by atoms with Gasteiger partial charge in [0, 0.05) is 24.5 Å². The van der Waals surface area contributed by atoms with E-state index in [2.05, 4.69) is 9.97 Å². The van der Waals surface area contributed by atoms with Crippen molar-refractivity contribution < 1.29 is 14.6 Å². The highest BCUT2D eigenvalue weighted by Crippen LogP contribution is 2.25. The van der Waals surface area contributed by atoms with Crippen LogP contribution in [0.2, 0.25) is 5.02 Å². The summed E-state index contributed by atoms with van der Waals surface area (Å²) in [5, 5.41) is 9.78. The molecule has 0 radical (unpaired) electrons. The molecule has 0 spiro atoms. The molecule has 25 heavy (non-hydrogen) atoms. The zero-order chi connectivity index (χ0) is 17.4. The molecule has 3 aromatic rings. The Morgan fingerprint density at radius 3 is 3.08 bits per heavy atom. The van der Waals surface area contributed by atoms with Crippen molar-refractivity contribution in [1.29, 1.82) is 0 Å². The van der Waals surface area contributed by atoms with E-state index in [1.54, 1.807) is 21.7 Å². The number of rotatable bonds is 2. The summed E-state index contributed by atoms with van der Waals surface area (Å²) in [4.78, 5) is 22.9. The van der Waals surface area contributed by atoms with Crippen molar-refractivity contribution >= 4 is 23.3 Å². The molecule has 0 saturated carbocycles. The van der Waals surface area contributed by atoms with Crippen LogP contribution in [-0.4, -0.2) is 43.4 Å². The largest absolute Gasteiger partial charge is 0.491 e. The van der Waals surface area contributed by atoms with Crippen molar-refractivity contribution in [2.75, 3.05) is 13.2 Å². The smallest absolute Gasteiger partial charge is 0.274 e. The maximum Gasteiger partial charge on any atom is 0.274 e. The van der Waals surface area contributed by atoms with Gasteiger partial charge in [0.05, 0.1) is 24.4 Å². The van der Waals surface area contributed by atoms with E-state index < -0.39 is 0 Å². The first-order chi connectivity index (χ1) is 12.1. The van der Waals surface area contributed by atoms with E-state index in [1.165, 1.54) is 6.20 Å². The molecule has 0 saturated heterocycles. The molecule has 128 valence electrons. The number of benzene rings is 1. The van der Waals surface area contributed by atoms with Gasteiger partial charge >= 0.3 is 0 Å². The zero-order valence-corrected chi connectivity index (χ0v) is 14.0. The van der Waals surface area contributed by atoms with Gasteiger partial charge in [0.2, 0.25) is 5.78 Å². The highest BCUT2D eigenvalue weighted by molar-refractivity contribution is 6.30. The SMILES string of the molecule is O=C(c1cn2cc(Cl)cnc2n1)N1CCOc2ccc(CO)cc2C1. The second-order valence-corrected chi connectivity index (χ2v) is 6.22. The molecule has 1 amide bonds. The number of carbonyl (C=O) groups is 1. The van der Waals surface area contributed by atoms with E-state index in [0.717, 1.165) is 16.9 Å². The van der Waals surface area contributed by atoms with Crippen LogP contribution in [0.1, 0.15) is 21.6 Å². The van der Waals surface area contributed by atoms with Crippen LogP contribution in [0.25, 0.3) is 5.78 Å². The average molecular weight is 359 g/mol. The maximum atomic E-state index is 12.9. The fourth-order valence-electron chi connectivity index (χ4n) is 2.84. The van der Waals surface area contributed by atoms with Crippen LogP contribution < -0.4 is 4.74 Å². The van der Waals surface area contributed by atoms with E-state index in [1.807, 2.05) is 18.2 Å². The molecule has 4 rings (SSSR count). The second-order valence-electron chi connectivity index (χ2n) is 5.78. The number of imidazole rings is 1. The molecule has 0 aliphatic carbocycles. The number of ether oxygens (including phenoxy) is 1. The van der Waals surface area contributed by atoms with Gasteiger partial charge in [0.1, 0.15) is 18.1 Å². The number of halogens is 1. The molecule has 0 fully saturated rings. The molecule has 0 unspecified atom stereocenters. The Balaban J connectivity index is 1.64. The Morgan fingerprint density at radius 2 is 2.24 bits per heavy atom. The monoisotopic (exact) mass is 358 g/mol. The summed E-state index contributed by atoms with van der Waals surface area (Å²) >= 11 is 5.92. The van der Waals surface area contributed by atoms with Crippen molar-refractivity contribution in [2.24, 2.45) is 0 Å². The van der Waals surface area contributed by atoms with Crippen molar-refractivity contribution in [2.45, 2.75) is 13.2 Å². The van der Waals surface area contributed by atoms with Gasteiger partial charge in [-0.25, -0.2) is 9.97 Å². The minimum absolute atomic E-state index is 0.0555. The third-order valence-electron chi connectivity index (χ3n) is 4.07. The van der Waals surface area contributed by atoms with E-state index in [4.69, 9.17) is 16.3 Å². The molecular formula is C17H15ClN4O3. The lowest BCUT2D eigenvalue weighted by Crippen LogP contribution is -2.32. The fourth-order valence-corrected chi connectivity index (χ4v) is 3.00. The standard InChI is InChI=1S/C17H15ClN4O3/c18-13-6-19-17-20-14(9-22(17)8-13)16(24)21-3-4-25-15-2-1-11(10-23)5-12(15)7-21/h1-2,5-6,8-9,23H,3-4,7,10H2. The third-order valence-corrected chi connectivity index (χ3v) is 4.27. The first-order valence-electron chi connectivity index (χ1n) is 7.79. The summed E-state index contributed by atoms with van der Waals surface area (Å²) in [6, 6.07) is 5.49. The van der Waals surface area contributed by atoms with Crippen molar-refractivity contribution in [3.05, 3.63) is 58.6 Å². The Morgan fingerprint density at radius 1 is 1.36 bits per heavy atom. The molecule has 8 heteroatoms. The number of nitrogens with zero attached hydrogens (tertiary/aromatic N) is 4. The van der Waals surface area contributed by atoms with Gasteiger partial charge < -0.3 is 14.7 Å². The van der Waals surface area contributed by atoms with Crippen LogP contribution >= 0.6 is 11.6 Å². The topological polar surface area (TPSA) is 80.0 Å². The lowest BCUT2D eigenvalue weighted by atomic mass is 10.1. The zero-order valence-electron chi connectivity index (χ0n) is 13.2. The van der Waals surface area contributed by atoms with Crippen molar-refractivity contribution in [1.82, 2.24) is 19.3 Å². The number of carbonyl (C=O) groups excluding carboxylic acids is 1. The van der Waals surface area contributed by atoms with Gasteiger partial charge in [0.15, 0.2) is 0 Å². The summed E-state index contributed by atoms with van der Waals surface area (Å²) in [6.07, 6.45) is 4.76. The Labute approximate surface area is 148 Å². The molecule has 0 bridgehead atoms. The summed E-state index contributed by atoms with van der Waals surface area (Å²) in [5.41, 5.74) is 1.95. The predicted octanol–water partition coefficient (Wildman–Crippen LogP) is 1.91. The second kappa shape index (κ2) is 6.34. The lowest BCUT2D eigenvalue weighted by molar-refractivity contribution is 0.0728. The number of hydrogen-bond donors (Lipinski definition) is 1. The highest BCUT2D eigenvalue weighted by Gasteiger charge is 2.23. The fraction of sp³-hybridized carbons (Fsp3) is 0.235.